The van der Waals surface area contributed by atoms with Gasteiger partial charge in [-0.1, -0.05) is 20.3 Å². The molecule has 1 heterocycles. The number of unbranched alkanes of at least 4 members (excludes halogenated alkanes) is 1. The van der Waals surface area contributed by atoms with Crippen LogP contribution in [0.1, 0.15) is 51.6 Å². The smallest absolute Gasteiger partial charge is 0.130 e. The van der Waals surface area contributed by atoms with Crippen LogP contribution in [0.4, 0.5) is 5.82 Å². The van der Waals surface area contributed by atoms with E-state index in [-0.39, 0.29) is 0 Å². The normalized spacial score (nSPS) is 10.4. The van der Waals surface area contributed by atoms with Gasteiger partial charge in [0, 0.05) is 24.7 Å². The van der Waals surface area contributed by atoms with Crippen LogP contribution in [-0.4, -0.2) is 16.5 Å². The molecule has 0 saturated heterocycles. The molecule has 0 aromatic carbocycles. The van der Waals surface area contributed by atoms with E-state index in [1.165, 1.54) is 18.5 Å². The lowest BCUT2D eigenvalue weighted by atomic mass is 10.2. The molecule has 0 atom stereocenters. The molecule has 1 aromatic heterocycles. The maximum Gasteiger partial charge on any atom is 0.130 e. The zero-order chi connectivity index (χ0) is 11.8. The first-order valence-corrected chi connectivity index (χ1v) is 6.40. The minimum absolute atomic E-state index is 0.912. The molecule has 1 rings (SSSR count). The summed E-state index contributed by atoms with van der Waals surface area (Å²) in [6.07, 6.45) is 5.55. The van der Waals surface area contributed by atoms with E-state index in [0.29, 0.717) is 0 Å². The van der Waals surface area contributed by atoms with Crippen molar-refractivity contribution >= 4 is 5.82 Å². The molecule has 0 radical (unpaired) electrons. The van der Waals surface area contributed by atoms with Crippen LogP contribution >= 0.6 is 0 Å². The Morgan fingerprint density at radius 2 is 1.88 bits per heavy atom. The molecule has 0 bridgehead atoms. The highest BCUT2D eigenvalue weighted by Crippen LogP contribution is 2.10. The summed E-state index contributed by atoms with van der Waals surface area (Å²) < 4.78 is 0. The summed E-state index contributed by atoms with van der Waals surface area (Å²) in [5.74, 6) is 1.96. The van der Waals surface area contributed by atoms with E-state index >= 15 is 0 Å². The maximum absolute atomic E-state index is 4.59. The monoisotopic (exact) mass is 221 g/mol. The van der Waals surface area contributed by atoms with E-state index in [9.17, 15) is 0 Å². The van der Waals surface area contributed by atoms with Crippen molar-refractivity contribution in [2.45, 2.75) is 52.9 Å². The first-order chi connectivity index (χ1) is 7.80. The molecule has 90 valence electrons. The molecule has 0 aliphatic rings. The van der Waals surface area contributed by atoms with Gasteiger partial charge in [0.2, 0.25) is 0 Å². The average Bonchev–Trinajstić information content (AvgIpc) is 2.27. The molecule has 1 N–H and O–H groups in total. The molecular formula is C13H23N3. The van der Waals surface area contributed by atoms with Crippen molar-refractivity contribution in [3.63, 3.8) is 0 Å². The van der Waals surface area contributed by atoms with E-state index in [0.717, 1.165) is 37.4 Å². The molecular weight excluding hydrogens is 198 g/mol. The molecule has 0 aliphatic heterocycles. The second-order valence-electron chi connectivity index (χ2n) is 4.04. The van der Waals surface area contributed by atoms with Gasteiger partial charge in [-0.3, -0.25) is 0 Å². The number of aryl methyl sites for hydroxylation is 2. The number of anilines is 1. The Balaban J connectivity index is 2.80. The van der Waals surface area contributed by atoms with E-state index in [4.69, 9.17) is 0 Å². The van der Waals surface area contributed by atoms with Crippen LogP contribution in [0, 0.1) is 0 Å². The van der Waals surface area contributed by atoms with E-state index in [1.54, 1.807) is 0 Å². The maximum atomic E-state index is 4.59. The van der Waals surface area contributed by atoms with Crippen LogP contribution in [0.15, 0.2) is 6.07 Å². The van der Waals surface area contributed by atoms with Gasteiger partial charge in [0.25, 0.3) is 0 Å². The summed E-state index contributed by atoms with van der Waals surface area (Å²) in [5.41, 5.74) is 1.18. The van der Waals surface area contributed by atoms with E-state index in [2.05, 4.69) is 42.1 Å². The zero-order valence-corrected chi connectivity index (χ0v) is 10.7. The largest absolute Gasteiger partial charge is 0.370 e. The van der Waals surface area contributed by atoms with Gasteiger partial charge in [0.15, 0.2) is 0 Å². The van der Waals surface area contributed by atoms with Crippen molar-refractivity contribution in [2.75, 3.05) is 11.9 Å². The van der Waals surface area contributed by atoms with Gasteiger partial charge in [-0.05, 0) is 26.2 Å². The van der Waals surface area contributed by atoms with E-state index < -0.39 is 0 Å². The Morgan fingerprint density at radius 1 is 1.06 bits per heavy atom. The highest BCUT2D eigenvalue weighted by molar-refractivity contribution is 5.36. The van der Waals surface area contributed by atoms with Crippen LogP contribution in [-0.2, 0) is 12.8 Å². The predicted molar refractivity (Wildman–Crippen MR) is 68.8 cm³/mol. The lowest BCUT2D eigenvalue weighted by molar-refractivity contribution is 0.751. The van der Waals surface area contributed by atoms with Crippen molar-refractivity contribution in [2.24, 2.45) is 0 Å². The van der Waals surface area contributed by atoms with E-state index in [1.807, 2.05) is 0 Å². The third kappa shape index (κ3) is 4.17. The third-order valence-corrected chi connectivity index (χ3v) is 2.44. The Morgan fingerprint density at radius 3 is 2.50 bits per heavy atom. The quantitative estimate of drug-likeness (QED) is 0.768. The number of aromatic nitrogens is 2. The summed E-state index contributed by atoms with van der Waals surface area (Å²) in [6, 6.07) is 2.08. The second kappa shape index (κ2) is 7.20. The van der Waals surface area contributed by atoms with Crippen LogP contribution < -0.4 is 5.32 Å². The average molecular weight is 221 g/mol. The number of rotatable bonds is 7. The van der Waals surface area contributed by atoms with Crippen LogP contribution in [0.3, 0.4) is 0 Å². The van der Waals surface area contributed by atoms with Crippen LogP contribution in [0.25, 0.3) is 0 Å². The molecule has 0 aliphatic carbocycles. The molecule has 3 nitrogen and oxygen atoms in total. The molecule has 0 unspecified atom stereocenters. The van der Waals surface area contributed by atoms with Crippen LogP contribution in [0.2, 0.25) is 0 Å². The van der Waals surface area contributed by atoms with Crippen molar-refractivity contribution in [1.82, 2.24) is 9.97 Å². The molecule has 0 saturated carbocycles. The summed E-state index contributed by atoms with van der Waals surface area (Å²) in [4.78, 5) is 9.09. The number of hydrogen-bond acceptors (Lipinski definition) is 3. The van der Waals surface area contributed by atoms with Crippen molar-refractivity contribution in [3.8, 4) is 0 Å². The molecule has 16 heavy (non-hydrogen) atoms. The highest BCUT2D eigenvalue weighted by Gasteiger charge is 2.03. The second-order valence-corrected chi connectivity index (χ2v) is 4.04. The van der Waals surface area contributed by atoms with Crippen LogP contribution in [0.5, 0.6) is 0 Å². The Labute approximate surface area is 98.7 Å². The topological polar surface area (TPSA) is 37.8 Å². The molecule has 1 aromatic rings. The first-order valence-electron chi connectivity index (χ1n) is 6.40. The summed E-state index contributed by atoms with van der Waals surface area (Å²) in [7, 11) is 0. The summed E-state index contributed by atoms with van der Waals surface area (Å²) in [6.45, 7) is 7.37. The predicted octanol–water partition coefficient (Wildman–Crippen LogP) is 3.20. The number of nitrogens with one attached hydrogen (secondary N) is 1. The van der Waals surface area contributed by atoms with Crippen molar-refractivity contribution in [1.29, 1.82) is 0 Å². The SMILES string of the molecule is CCCCc1cc(NCC)nc(CCC)n1. The lowest BCUT2D eigenvalue weighted by Crippen LogP contribution is -2.06. The fraction of sp³-hybridized carbons (Fsp3) is 0.692. The fourth-order valence-corrected chi connectivity index (χ4v) is 1.65. The number of hydrogen-bond donors (Lipinski definition) is 1. The van der Waals surface area contributed by atoms with Gasteiger partial charge < -0.3 is 5.32 Å². The summed E-state index contributed by atoms with van der Waals surface area (Å²) >= 11 is 0. The highest BCUT2D eigenvalue weighted by atomic mass is 15.0. The van der Waals surface area contributed by atoms with Gasteiger partial charge in [-0.2, -0.15) is 0 Å². The molecule has 3 heteroatoms. The fourth-order valence-electron chi connectivity index (χ4n) is 1.65. The van der Waals surface area contributed by atoms with Crippen molar-refractivity contribution in [3.05, 3.63) is 17.6 Å². The molecule has 0 amide bonds. The summed E-state index contributed by atoms with van der Waals surface area (Å²) in [5, 5.41) is 3.27. The number of nitrogens with zero attached hydrogens (tertiary/aromatic N) is 2. The molecule has 0 spiro atoms. The standard InChI is InChI=1S/C13H23N3/c1-4-7-9-11-10-13(14-6-3)16-12(15-11)8-5-2/h10H,4-9H2,1-3H3,(H,14,15,16). The van der Waals surface area contributed by atoms with Crippen molar-refractivity contribution < 1.29 is 0 Å². The first kappa shape index (κ1) is 12.9. The van der Waals surface area contributed by atoms with Gasteiger partial charge in [0.1, 0.15) is 11.6 Å². The Kier molecular flexibility index (Phi) is 5.83. The third-order valence-electron chi connectivity index (χ3n) is 2.44. The minimum Gasteiger partial charge on any atom is -0.370 e. The van der Waals surface area contributed by atoms with Gasteiger partial charge in [-0.25, -0.2) is 9.97 Å². The Hall–Kier alpha value is -1.12. The van der Waals surface area contributed by atoms with Gasteiger partial charge in [-0.15, -0.1) is 0 Å². The van der Waals surface area contributed by atoms with Gasteiger partial charge >= 0.3 is 0 Å². The Bertz CT molecular complexity index is 286. The van der Waals surface area contributed by atoms with Gasteiger partial charge in [0.05, 0.1) is 0 Å². The lowest BCUT2D eigenvalue weighted by Gasteiger charge is -2.08. The zero-order valence-electron chi connectivity index (χ0n) is 10.7. The molecule has 0 fully saturated rings. The minimum atomic E-state index is 0.912.